The van der Waals surface area contributed by atoms with Crippen molar-refractivity contribution < 1.29 is 4.79 Å². The van der Waals surface area contributed by atoms with Crippen molar-refractivity contribution in [2.75, 3.05) is 0 Å². The molecule has 2 rings (SSSR count). The van der Waals surface area contributed by atoms with Crippen LogP contribution in [0.4, 0.5) is 0 Å². The van der Waals surface area contributed by atoms with Crippen molar-refractivity contribution in [3.63, 3.8) is 0 Å². The van der Waals surface area contributed by atoms with Crippen LogP contribution in [0.25, 0.3) is 0 Å². The summed E-state index contributed by atoms with van der Waals surface area (Å²) in [4.78, 5) is 15.7. The van der Waals surface area contributed by atoms with Crippen LogP contribution >= 0.6 is 27.5 Å². The van der Waals surface area contributed by atoms with E-state index < -0.39 is 0 Å². The summed E-state index contributed by atoms with van der Waals surface area (Å²) in [6.45, 7) is 0.360. The second-order valence-electron chi connectivity index (χ2n) is 3.04. The Kier molecular flexibility index (Phi) is 3.63. The third-order valence-corrected chi connectivity index (χ3v) is 2.96. The molecular weight excluding hydrogens is 290 g/mol. The van der Waals surface area contributed by atoms with Crippen LogP contribution in [0.5, 0.6) is 0 Å². The Morgan fingerprint density at radius 3 is 2.75 bits per heavy atom. The number of aromatic nitrogens is 2. The van der Waals surface area contributed by atoms with Crippen molar-refractivity contribution in [3.05, 3.63) is 45.6 Å². The molecule has 0 saturated carbocycles. The zero-order valence-electron chi connectivity index (χ0n) is 8.18. The zero-order chi connectivity index (χ0) is 11.4. The van der Waals surface area contributed by atoms with Gasteiger partial charge in [0.25, 0.3) is 5.91 Å². The third kappa shape index (κ3) is 2.86. The molecule has 6 heteroatoms. The van der Waals surface area contributed by atoms with Gasteiger partial charge in [0.05, 0.1) is 6.54 Å². The Morgan fingerprint density at radius 1 is 1.38 bits per heavy atom. The number of nitrogens with zero attached hydrogens (tertiary/aromatic N) is 2. The lowest BCUT2D eigenvalue weighted by atomic mass is 10.2. The van der Waals surface area contributed by atoms with Gasteiger partial charge in [-0.2, -0.15) is 4.37 Å². The average molecular weight is 298 g/mol. The molecule has 0 spiro atoms. The predicted molar refractivity (Wildman–Crippen MR) is 65.2 cm³/mol. The normalized spacial score (nSPS) is 10.1. The number of rotatable bonds is 3. The molecule has 0 aliphatic carbocycles. The number of carbonyl (C=O) groups excluding carboxylic acids is 1. The highest BCUT2D eigenvalue weighted by atomic mass is 79.9. The highest BCUT2D eigenvalue weighted by Crippen LogP contribution is 2.10. The minimum absolute atomic E-state index is 0.123. The summed E-state index contributed by atoms with van der Waals surface area (Å²) in [7, 11) is 0. The van der Waals surface area contributed by atoms with Crippen LogP contribution in [0.2, 0.25) is 0 Å². The van der Waals surface area contributed by atoms with Crippen LogP contribution in [-0.2, 0) is 6.54 Å². The fourth-order valence-electron chi connectivity index (χ4n) is 1.13. The van der Waals surface area contributed by atoms with E-state index in [1.54, 1.807) is 17.6 Å². The smallest absolute Gasteiger partial charge is 0.251 e. The topological polar surface area (TPSA) is 54.9 Å². The molecule has 1 aromatic heterocycles. The SMILES string of the molecule is O=C(NCc1ncsn1)c1ccc(Br)cc1. The first-order valence-electron chi connectivity index (χ1n) is 4.55. The maximum absolute atomic E-state index is 11.7. The fourth-order valence-corrected chi connectivity index (χ4v) is 1.85. The summed E-state index contributed by atoms with van der Waals surface area (Å²) >= 11 is 4.59. The first-order chi connectivity index (χ1) is 7.75. The molecule has 0 unspecified atom stereocenters. The largest absolute Gasteiger partial charge is 0.345 e. The minimum Gasteiger partial charge on any atom is -0.345 e. The Hall–Kier alpha value is -1.27. The fraction of sp³-hybridized carbons (Fsp3) is 0.100. The highest BCUT2D eigenvalue weighted by Gasteiger charge is 2.05. The van der Waals surface area contributed by atoms with Gasteiger partial charge >= 0.3 is 0 Å². The van der Waals surface area contributed by atoms with Crippen molar-refractivity contribution in [3.8, 4) is 0 Å². The zero-order valence-corrected chi connectivity index (χ0v) is 10.6. The Bertz CT molecular complexity index is 469. The van der Waals surface area contributed by atoms with Gasteiger partial charge in [-0.3, -0.25) is 4.79 Å². The molecule has 82 valence electrons. The Morgan fingerprint density at radius 2 is 2.12 bits per heavy atom. The molecule has 0 aliphatic heterocycles. The van der Waals surface area contributed by atoms with E-state index in [0.29, 0.717) is 17.9 Å². The third-order valence-electron chi connectivity index (χ3n) is 1.92. The first-order valence-corrected chi connectivity index (χ1v) is 6.17. The van der Waals surface area contributed by atoms with E-state index in [-0.39, 0.29) is 5.91 Å². The Labute approximate surface area is 105 Å². The van der Waals surface area contributed by atoms with Gasteiger partial charge in [-0.1, -0.05) is 15.9 Å². The molecule has 1 heterocycles. The number of hydrogen-bond donors (Lipinski definition) is 1. The van der Waals surface area contributed by atoms with E-state index in [2.05, 4.69) is 30.6 Å². The molecule has 1 N–H and O–H groups in total. The van der Waals surface area contributed by atoms with Gasteiger partial charge in [0, 0.05) is 10.0 Å². The Balaban J connectivity index is 1.95. The molecule has 0 bridgehead atoms. The second kappa shape index (κ2) is 5.18. The van der Waals surface area contributed by atoms with Crippen LogP contribution in [-0.4, -0.2) is 15.3 Å². The number of hydrogen-bond acceptors (Lipinski definition) is 4. The van der Waals surface area contributed by atoms with Crippen molar-refractivity contribution in [1.29, 1.82) is 0 Å². The molecule has 0 saturated heterocycles. The van der Waals surface area contributed by atoms with E-state index in [1.807, 2.05) is 12.1 Å². The van der Waals surface area contributed by atoms with Gasteiger partial charge in [-0.15, -0.1) is 0 Å². The first kappa shape index (κ1) is 11.2. The number of halogens is 1. The summed E-state index contributed by atoms with van der Waals surface area (Å²) in [6.07, 6.45) is 0. The van der Waals surface area contributed by atoms with Crippen LogP contribution < -0.4 is 5.32 Å². The molecule has 0 aliphatic rings. The quantitative estimate of drug-likeness (QED) is 0.945. The standard InChI is InChI=1S/C10H8BrN3OS/c11-8-3-1-7(2-4-8)10(15)12-5-9-13-6-16-14-9/h1-4,6H,5H2,(H,12,15). The maximum atomic E-state index is 11.7. The van der Waals surface area contributed by atoms with Gasteiger partial charge in [0.15, 0.2) is 5.82 Å². The molecule has 0 fully saturated rings. The van der Waals surface area contributed by atoms with Crippen molar-refractivity contribution in [2.24, 2.45) is 0 Å². The number of carbonyl (C=O) groups is 1. The van der Waals surface area contributed by atoms with Crippen molar-refractivity contribution in [1.82, 2.24) is 14.7 Å². The van der Waals surface area contributed by atoms with E-state index >= 15 is 0 Å². The van der Waals surface area contributed by atoms with Gasteiger partial charge in [0.2, 0.25) is 0 Å². The molecule has 0 atom stereocenters. The van der Waals surface area contributed by atoms with Crippen LogP contribution in [0.1, 0.15) is 16.2 Å². The average Bonchev–Trinajstić information content (AvgIpc) is 2.80. The van der Waals surface area contributed by atoms with E-state index in [4.69, 9.17) is 0 Å². The summed E-state index contributed by atoms with van der Waals surface area (Å²) in [5, 5.41) is 2.75. The van der Waals surface area contributed by atoms with E-state index in [1.165, 1.54) is 11.5 Å². The summed E-state index contributed by atoms with van der Waals surface area (Å²) in [5.74, 6) is 0.512. The highest BCUT2D eigenvalue weighted by molar-refractivity contribution is 9.10. The molecule has 2 aromatic rings. The van der Waals surface area contributed by atoms with Gasteiger partial charge < -0.3 is 5.32 Å². The monoisotopic (exact) mass is 297 g/mol. The van der Waals surface area contributed by atoms with Gasteiger partial charge in [0.1, 0.15) is 5.51 Å². The lowest BCUT2D eigenvalue weighted by Crippen LogP contribution is -2.23. The van der Waals surface area contributed by atoms with Crippen molar-refractivity contribution >= 4 is 33.4 Å². The molecular formula is C10H8BrN3OS. The van der Waals surface area contributed by atoms with E-state index in [0.717, 1.165) is 4.47 Å². The maximum Gasteiger partial charge on any atom is 0.251 e. The summed E-state index contributed by atoms with van der Waals surface area (Å²) < 4.78 is 4.95. The molecule has 0 radical (unpaired) electrons. The lowest BCUT2D eigenvalue weighted by molar-refractivity contribution is 0.0950. The van der Waals surface area contributed by atoms with Crippen LogP contribution in [0, 0.1) is 0 Å². The second-order valence-corrected chi connectivity index (χ2v) is 4.56. The van der Waals surface area contributed by atoms with Gasteiger partial charge in [-0.05, 0) is 35.8 Å². The predicted octanol–water partition coefficient (Wildman–Crippen LogP) is 2.23. The number of nitrogens with one attached hydrogen (secondary N) is 1. The number of benzene rings is 1. The van der Waals surface area contributed by atoms with Crippen LogP contribution in [0.3, 0.4) is 0 Å². The minimum atomic E-state index is -0.123. The van der Waals surface area contributed by atoms with Crippen molar-refractivity contribution in [2.45, 2.75) is 6.54 Å². The molecule has 16 heavy (non-hydrogen) atoms. The van der Waals surface area contributed by atoms with Gasteiger partial charge in [-0.25, -0.2) is 4.98 Å². The summed E-state index contributed by atoms with van der Waals surface area (Å²) in [5.41, 5.74) is 2.26. The molecule has 1 amide bonds. The van der Waals surface area contributed by atoms with E-state index in [9.17, 15) is 4.79 Å². The summed E-state index contributed by atoms with van der Waals surface area (Å²) in [6, 6.07) is 7.17. The lowest BCUT2D eigenvalue weighted by Gasteiger charge is -2.02. The molecule has 4 nitrogen and oxygen atoms in total. The molecule has 1 aromatic carbocycles. The number of amides is 1. The van der Waals surface area contributed by atoms with Crippen LogP contribution in [0.15, 0.2) is 34.2 Å².